The van der Waals surface area contributed by atoms with Gasteiger partial charge in [-0.3, -0.25) is 4.79 Å². The molecule has 0 fully saturated rings. The largest absolute Gasteiger partial charge is 2.00 e. The normalized spacial score (nSPS) is 9.34. The fraction of sp³-hybridized carbons (Fsp3) is 0.222. The average molecular weight is 1330 g/mol. The zero-order valence-corrected chi connectivity index (χ0v) is 50.8. The molecule has 0 aliphatic rings. The Hall–Kier alpha value is -2.79. The second kappa shape index (κ2) is 46.5. The molecule has 0 bridgehead atoms. The minimum atomic E-state index is -0.231. The topological polar surface area (TPSA) is 94.4 Å². The van der Waals surface area contributed by atoms with E-state index in [9.17, 15) is 31.1 Å². The number of Topliss-reactive ketones (excluding diaryl/α,β-unsaturated/α-hetero) is 1. The molecule has 0 saturated carbocycles. The predicted octanol–water partition coefficient (Wildman–Crippen LogP) is 8.52. The minimum Gasteiger partial charge on any atom is -1.00 e. The van der Waals surface area contributed by atoms with E-state index in [1.807, 2.05) is 17.5 Å². The molecule has 0 aliphatic heterocycles. The number of carbonyl (C=O) groups excluding carboxylic acids is 1. The molecule has 1 heterocycles. The average Bonchev–Trinajstić information content (AvgIpc) is 3.79. The van der Waals surface area contributed by atoms with Crippen LogP contribution < -0.4 is 45.4 Å². The van der Waals surface area contributed by atoms with Crippen LogP contribution in [0, 0.1) is 47.9 Å². The van der Waals surface area contributed by atoms with Crippen LogP contribution in [0.4, 0.5) is 31.5 Å². The van der Waals surface area contributed by atoms with Gasteiger partial charge in [0.15, 0.2) is 5.96 Å². The third-order valence-electron chi connectivity index (χ3n) is 8.93. The number of hydrogen-bond acceptors (Lipinski definition) is 4. The number of aliphatic imine (C=N–C) groups is 1. The Kier molecular flexibility index (Phi) is 47.4. The van der Waals surface area contributed by atoms with Crippen LogP contribution in [0.3, 0.4) is 0 Å². The molecule has 1 aromatic heterocycles. The fourth-order valence-electron chi connectivity index (χ4n) is 5.48. The standard InChI is InChI=1S/C13H15FN4S.C11H12ClFO.C9H10BrF.C9H10F.C6H4BrF.C6H4F.2BrH.2Mg/c14-10-6-4-9(5-7-10)2-1-3-11-8-19-13(17-11)18-12(15)16;12-8-11(14)3-1-2-9-4-6-10(13)7-5-9;10-7-1-2-8-3-5-9(11)6-4-8;1-2-3-8-4-6-9(10)7-5-8;7-5-1-3-6(8)4-2-5;7-6-4-2-1-3-5-6;;;;/h4-8H,1-3H2,(H4,15,16,17,18);4-7H,1-3,8H2;3-6H,1-2,7H2;4-7H,1-3H2;1-4H;2-5H;2*1H;;/q;;;-1;;-1;;;2*+2/p-2. The summed E-state index contributed by atoms with van der Waals surface area (Å²) in [5, 5.41) is 3.54. The van der Waals surface area contributed by atoms with E-state index in [0.717, 1.165) is 90.0 Å². The van der Waals surface area contributed by atoms with Crippen molar-refractivity contribution in [2.45, 2.75) is 64.2 Å². The van der Waals surface area contributed by atoms with E-state index in [2.05, 4.69) is 54.8 Å². The number of nitrogens with zero attached hydrogens (tertiary/aromatic N) is 2. The van der Waals surface area contributed by atoms with Crippen LogP contribution in [-0.2, 0) is 36.9 Å². The van der Waals surface area contributed by atoms with Gasteiger partial charge in [-0.15, -0.1) is 35.1 Å². The Labute approximate surface area is 505 Å². The number of rotatable bonds is 15. The number of benzene rings is 6. The number of halogens is 11. The second-order valence-electron chi connectivity index (χ2n) is 14.6. The molecule has 0 unspecified atom stereocenters. The third-order valence-corrected chi connectivity index (χ3v) is 11.1. The monoisotopic (exact) mass is 1320 g/mol. The first-order chi connectivity index (χ1) is 33.2. The summed E-state index contributed by atoms with van der Waals surface area (Å²) in [7, 11) is 0. The van der Waals surface area contributed by atoms with E-state index < -0.39 is 0 Å². The van der Waals surface area contributed by atoms with Crippen LogP contribution in [-0.4, -0.2) is 74.0 Å². The van der Waals surface area contributed by atoms with Crippen molar-refractivity contribution in [1.29, 1.82) is 0 Å². The van der Waals surface area contributed by atoms with Gasteiger partial charge in [0, 0.05) is 27.4 Å². The van der Waals surface area contributed by atoms with Crippen molar-refractivity contribution in [2.24, 2.45) is 16.5 Å². The summed E-state index contributed by atoms with van der Waals surface area (Å²) in [4.78, 5) is 19.1. The maximum atomic E-state index is 12.7. The summed E-state index contributed by atoms with van der Waals surface area (Å²) < 4.78 is 74.8. The minimum absolute atomic E-state index is 0. The van der Waals surface area contributed by atoms with E-state index in [4.69, 9.17) is 23.1 Å². The van der Waals surface area contributed by atoms with E-state index in [0.29, 0.717) is 11.6 Å². The van der Waals surface area contributed by atoms with Crippen LogP contribution in [0.25, 0.3) is 0 Å². The Bertz CT molecular complexity index is 2430. The number of nitrogens with two attached hydrogens (primary N) is 2. The number of ketones is 1. The van der Waals surface area contributed by atoms with Crippen LogP contribution >= 0.6 is 54.8 Å². The Morgan fingerprint density at radius 3 is 1.30 bits per heavy atom. The van der Waals surface area contributed by atoms with Crippen molar-refractivity contribution < 1.29 is 65.1 Å². The molecule has 0 atom stereocenters. The predicted molar refractivity (Wildman–Crippen MR) is 291 cm³/mol. The molecule has 0 aliphatic carbocycles. The molecular formula is C54H55Br4ClF6Mg2N4OS. The van der Waals surface area contributed by atoms with Crippen LogP contribution in [0.5, 0.6) is 0 Å². The van der Waals surface area contributed by atoms with E-state index >= 15 is 0 Å². The van der Waals surface area contributed by atoms with Gasteiger partial charge in [-0.2, -0.15) is 29.6 Å². The number of carbonyl (C=O) groups is 1. The molecule has 73 heavy (non-hydrogen) atoms. The van der Waals surface area contributed by atoms with Crippen molar-refractivity contribution in [2.75, 3.05) is 11.2 Å². The molecule has 0 spiro atoms. The van der Waals surface area contributed by atoms with Crippen LogP contribution in [0.1, 0.15) is 60.1 Å². The van der Waals surface area contributed by atoms with Crippen molar-refractivity contribution in [1.82, 2.24) is 4.98 Å². The molecular weight excluding hydrogens is 1270 g/mol. The molecule has 5 nitrogen and oxygen atoms in total. The number of alkyl halides is 2. The quantitative estimate of drug-likeness (QED) is 0.0269. The van der Waals surface area contributed by atoms with Crippen molar-refractivity contribution in [3.05, 3.63) is 231 Å². The van der Waals surface area contributed by atoms with Gasteiger partial charge in [-0.1, -0.05) is 92.4 Å². The van der Waals surface area contributed by atoms with Gasteiger partial charge in [0.1, 0.15) is 34.9 Å². The summed E-state index contributed by atoms with van der Waals surface area (Å²) in [6.45, 7) is 3.71. The van der Waals surface area contributed by atoms with E-state index in [1.165, 1.54) is 102 Å². The number of thiazole rings is 1. The summed E-state index contributed by atoms with van der Waals surface area (Å²) in [6, 6.07) is 40.7. The summed E-state index contributed by atoms with van der Waals surface area (Å²) in [6.07, 6.45) is 8.70. The molecule has 7 aromatic rings. The molecule has 6 aromatic carbocycles. The van der Waals surface area contributed by atoms with Gasteiger partial charge in [0.05, 0.1) is 11.6 Å². The van der Waals surface area contributed by atoms with Gasteiger partial charge in [0.2, 0.25) is 5.13 Å². The third kappa shape index (κ3) is 39.3. The second-order valence-corrected chi connectivity index (χ2v) is 17.4. The molecule has 0 amide bonds. The zero-order chi connectivity index (χ0) is 50.7. The fourth-order valence-corrected chi connectivity index (χ4v) is 6.90. The van der Waals surface area contributed by atoms with Crippen LogP contribution in [0.2, 0.25) is 0 Å². The van der Waals surface area contributed by atoms with Crippen molar-refractivity contribution in [3.63, 3.8) is 0 Å². The van der Waals surface area contributed by atoms with Gasteiger partial charge < -0.3 is 52.4 Å². The smallest absolute Gasteiger partial charge is 1.00 e. The van der Waals surface area contributed by atoms with Gasteiger partial charge in [-0.05, 0) is 134 Å². The number of hydrogen-bond donors (Lipinski definition) is 2. The molecule has 384 valence electrons. The number of aromatic nitrogens is 1. The number of aryl methyl sites for hydroxylation is 5. The van der Waals surface area contributed by atoms with Crippen molar-refractivity contribution in [3.8, 4) is 0 Å². The van der Waals surface area contributed by atoms with Crippen molar-refractivity contribution >= 4 is 118 Å². The molecule has 4 N–H and O–H groups in total. The van der Waals surface area contributed by atoms with E-state index in [-0.39, 0.29) is 133 Å². The first kappa shape index (κ1) is 74.5. The SMILES string of the molecule is Fc1cc[c-]cc1.Fc1ccc(Br)cc1.Fc1ccc(CCCBr)cc1.NC(N)=Nc1nc(CCCc2ccc(F)cc2)cs1.O=C(CCl)CCCc1ccc(F)cc1.[Br-].[Br-].[CH2-]CCc1ccc(F)cc1.[Mg+2].[Mg+2]. The summed E-state index contributed by atoms with van der Waals surface area (Å²) in [5.41, 5.74) is 16.1. The summed E-state index contributed by atoms with van der Waals surface area (Å²) >= 11 is 13.3. The maximum absolute atomic E-state index is 12.7. The maximum Gasteiger partial charge on any atom is 2.00 e. The van der Waals surface area contributed by atoms with E-state index in [1.54, 1.807) is 48.5 Å². The van der Waals surface area contributed by atoms with Gasteiger partial charge >= 0.3 is 46.1 Å². The summed E-state index contributed by atoms with van der Waals surface area (Å²) in [5.74, 6) is -1.01. The Morgan fingerprint density at radius 2 is 0.959 bits per heavy atom. The van der Waals surface area contributed by atoms with Gasteiger partial charge in [0.25, 0.3) is 0 Å². The van der Waals surface area contributed by atoms with Gasteiger partial charge in [-0.25, -0.2) is 31.3 Å². The Morgan fingerprint density at radius 1 is 0.589 bits per heavy atom. The molecule has 19 heteroatoms. The van der Waals surface area contributed by atoms with Crippen LogP contribution in [0.15, 0.2) is 160 Å². The number of guanidine groups is 1. The molecule has 7 rings (SSSR count). The molecule has 0 radical (unpaired) electrons. The zero-order valence-electron chi connectivity index (χ0n) is 40.1. The first-order valence-electron chi connectivity index (χ1n) is 21.7. The molecule has 0 saturated heterocycles. The Balaban J connectivity index is -0.000000821. The first-order valence-corrected chi connectivity index (χ1v) is 25.0.